The van der Waals surface area contributed by atoms with Gasteiger partial charge in [0.25, 0.3) is 5.56 Å². The van der Waals surface area contributed by atoms with Crippen molar-refractivity contribution >= 4 is 22.5 Å². The molecule has 0 bridgehead atoms. The summed E-state index contributed by atoms with van der Waals surface area (Å²) in [4.78, 5) is 36.4. The Balaban J connectivity index is 1.68. The van der Waals surface area contributed by atoms with Crippen LogP contribution in [0.3, 0.4) is 0 Å². The number of benzene rings is 2. The molecule has 0 aliphatic rings. The Morgan fingerprint density at radius 3 is 2.44 bits per heavy atom. The van der Waals surface area contributed by atoms with Crippen molar-refractivity contribution in [2.75, 3.05) is 6.61 Å². The number of aryl methyl sites for hydroxylation is 1. The zero-order valence-corrected chi connectivity index (χ0v) is 15.0. The largest absolute Gasteiger partial charge is 0.452 e. The second kappa shape index (κ2) is 8.40. The number of ether oxygens (including phenoxy) is 1. The van der Waals surface area contributed by atoms with Crippen molar-refractivity contribution in [3.8, 4) is 0 Å². The fraction of sp³-hybridized carbons (Fsp3) is 0.238. The van der Waals surface area contributed by atoms with Crippen molar-refractivity contribution in [3.05, 3.63) is 75.7 Å². The summed E-state index contributed by atoms with van der Waals surface area (Å²) < 4.78 is 5.11. The Kier molecular flexibility index (Phi) is 5.76. The number of nitrogens with zero attached hydrogens (tertiary/aromatic N) is 1. The van der Waals surface area contributed by atoms with Gasteiger partial charge in [0.1, 0.15) is 0 Å². The molecule has 0 aliphatic carbocycles. The van der Waals surface area contributed by atoms with Gasteiger partial charge in [-0.3, -0.25) is 9.59 Å². The number of carbonyl (C=O) groups is 2. The first-order valence-corrected chi connectivity index (χ1v) is 8.87. The van der Waals surface area contributed by atoms with Crippen molar-refractivity contribution in [1.29, 1.82) is 0 Å². The molecule has 0 saturated carbocycles. The van der Waals surface area contributed by atoms with Crippen LogP contribution in [0.2, 0.25) is 0 Å². The van der Waals surface area contributed by atoms with Gasteiger partial charge in [0.05, 0.1) is 5.39 Å². The van der Waals surface area contributed by atoms with E-state index in [4.69, 9.17) is 4.74 Å². The van der Waals surface area contributed by atoms with Gasteiger partial charge in [0.2, 0.25) is 0 Å². The summed E-state index contributed by atoms with van der Waals surface area (Å²) in [6.45, 7) is 1.74. The molecule has 0 saturated heterocycles. The second-order valence-corrected chi connectivity index (χ2v) is 6.25. The SMILES string of the molecule is CCCCc1ccc(C(=O)COC(=O)c2n[nH]c(=O)c3ccccc23)cc1. The third kappa shape index (κ3) is 4.28. The van der Waals surface area contributed by atoms with E-state index in [-0.39, 0.29) is 23.6 Å². The Bertz CT molecular complexity index is 1020. The maximum atomic E-state index is 12.3. The number of Topliss-reactive ketones (excluding diaryl/α,β-unsaturated/α-hetero) is 1. The summed E-state index contributed by atoms with van der Waals surface area (Å²) in [5.74, 6) is -1.05. The fourth-order valence-corrected chi connectivity index (χ4v) is 2.79. The Morgan fingerprint density at radius 2 is 1.74 bits per heavy atom. The van der Waals surface area contributed by atoms with Gasteiger partial charge in [-0.1, -0.05) is 55.8 Å². The minimum absolute atomic E-state index is 0.0205. The molecule has 27 heavy (non-hydrogen) atoms. The topological polar surface area (TPSA) is 89.1 Å². The van der Waals surface area contributed by atoms with E-state index in [0.29, 0.717) is 16.3 Å². The van der Waals surface area contributed by atoms with E-state index in [1.54, 1.807) is 36.4 Å². The summed E-state index contributed by atoms with van der Waals surface area (Å²) in [6.07, 6.45) is 3.19. The lowest BCUT2D eigenvalue weighted by atomic mass is 10.0. The summed E-state index contributed by atoms with van der Waals surface area (Å²) in [7, 11) is 0. The van der Waals surface area contributed by atoms with Crippen LogP contribution < -0.4 is 5.56 Å². The minimum Gasteiger partial charge on any atom is -0.452 e. The Hall–Kier alpha value is -3.28. The highest BCUT2D eigenvalue weighted by atomic mass is 16.5. The molecule has 6 heteroatoms. The van der Waals surface area contributed by atoms with E-state index in [1.165, 1.54) is 5.56 Å². The number of unbranched alkanes of at least 4 members (excludes halogenated alkanes) is 1. The van der Waals surface area contributed by atoms with Gasteiger partial charge in [-0.25, -0.2) is 9.89 Å². The Morgan fingerprint density at radius 1 is 1.04 bits per heavy atom. The van der Waals surface area contributed by atoms with Gasteiger partial charge >= 0.3 is 5.97 Å². The molecule has 138 valence electrons. The molecule has 0 amide bonds. The second-order valence-electron chi connectivity index (χ2n) is 6.25. The molecule has 0 fully saturated rings. The van der Waals surface area contributed by atoms with E-state index in [1.807, 2.05) is 12.1 Å². The predicted octanol–water partition coefficient (Wildman–Crippen LogP) is 3.31. The molecule has 1 N–H and O–H groups in total. The number of carbonyl (C=O) groups excluding carboxylic acids is 2. The van der Waals surface area contributed by atoms with E-state index < -0.39 is 5.97 Å². The highest BCUT2D eigenvalue weighted by Crippen LogP contribution is 2.14. The van der Waals surface area contributed by atoms with Gasteiger partial charge in [0, 0.05) is 10.9 Å². The van der Waals surface area contributed by atoms with Gasteiger partial charge in [-0.15, -0.1) is 0 Å². The number of ketones is 1. The first-order chi connectivity index (χ1) is 13.1. The average Bonchev–Trinajstić information content (AvgIpc) is 2.71. The van der Waals surface area contributed by atoms with Crippen LogP contribution in [0.4, 0.5) is 0 Å². The summed E-state index contributed by atoms with van der Waals surface area (Å²) in [6, 6.07) is 13.9. The van der Waals surface area contributed by atoms with Gasteiger partial charge in [-0.05, 0) is 24.5 Å². The van der Waals surface area contributed by atoms with Crippen molar-refractivity contribution < 1.29 is 14.3 Å². The summed E-state index contributed by atoms with van der Waals surface area (Å²) in [5.41, 5.74) is 1.26. The number of hydrogen-bond donors (Lipinski definition) is 1. The molecule has 0 spiro atoms. The monoisotopic (exact) mass is 364 g/mol. The van der Waals surface area contributed by atoms with Crippen LogP contribution >= 0.6 is 0 Å². The fourth-order valence-electron chi connectivity index (χ4n) is 2.79. The zero-order chi connectivity index (χ0) is 19.2. The zero-order valence-electron chi connectivity index (χ0n) is 15.0. The number of aromatic amines is 1. The first kappa shape index (κ1) is 18.5. The molecule has 0 radical (unpaired) electrons. The Labute approximate surface area is 156 Å². The molecule has 0 aliphatic heterocycles. The summed E-state index contributed by atoms with van der Waals surface area (Å²) >= 11 is 0. The molecule has 0 atom stereocenters. The van der Waals surface area contributed by atoms with Crippen LogP contribution in [0, 0.1) is 0 Å². The minimum atomic E-state index is -0.754. The molecule has 1 aromatic heterocycles. The molecule has 0 unspecified atom stereocenters. The molecular formula is C21H20N2O4. The van der Waals surface area contributed by atoms with Crippen LogP contribution in [-0.4, -0.2) is 28.6 Å². The first-order valence-electron chi connectivity index (χ1n) is 8.87. The molecular weight excluding hydrogens is 344 g/mol. The number of nitrogens with one attached hydrogen (secondary N) is 1. The highest BCUT2D eigenvalue weighted by molar-refractivity contribution is 6.04. The lowest BCUT2D eigenvalue weighted by Crippen LogP contribution is -2.19. The highest BCUT2D eigenvalue weighted by Gasteiger charge is 2.17. The lowest BCUT2D eigenvalue weighted by molar-refractivity contribution is 0.0470. The molecule has 1 heterocycles. The predicted molar refractivity (Wildman–Crippen MR) is 102 cm³/mol. The number of H-pyrrole nitrogens is 1. The smallest absolute Gasteiger partial charge is 0.359 e. The summed E-state index contributed by atoms with van der Waals surface area (Å²) in [5, 5.41) is 6.78. The number of esters is 1. The molecule has 2 aromatic carbocycles. The van der Waals surface area contributed by atoms with E-state index in [2.05, 4.69) is 17.1 Å². The van der Waals surface area contributed by atoms with Crippen LogP contribution in [0.15, 0.2) is 53.3 Å². The molecule has 3 aromatic rings. The van der Waals surface area contributed by atoms with Gasteiger partial charge < -0.3 is 4.74 Å². The number of fused-ring (bicyclic) bond motifs is 1. The van der Waals surface area contributed by atoms with Crippen molar-refractivity contribution in [2.24, 2.45) is 0 Å². The number of rotatable bonds is 7. The van der Waals surface area contributed by atoms with E-state index >= 15 is 0 Å². The third-order valence-corrected chi connectivity index (χ3v) is 4.32. The standard InChI is InChI=1S/C21H20N2O4/c1-2-3-6-14-9-11-15(12-10-14)18(24)13-27-21(26)19-16-7-4-5-8-17(16)20(25)23-22-19/h4-5,7-12H,2-3,6,13H2,1H3,(H,23,25). The van der Waals surface area contributed by atoms with Crippen molar-refractivity contribution in [1.82, 2.24) is 10.2 Å². The van der Waals surface area contributed by atoms with Gasteiger partial charge in [-0.2, -0.15) is 5.10 Å². The quantitative estimate of drug-likeness (QED) is 0.513. The average molecular weight is 364 g/mol. The molecule has 6 nitrogen and oxygen atoms in total. The lowest BCUT2D eigenvalue weighted by Gasteiger charge is -2.06. The number of aromatic nitrogens is 2. The van der Waals surface area contributed by atoms with Crippen LogP contribution in [0.1, 0.15) is 46.2 Å². The van der Waals surface area contributed by atoms with E-state index in [9.17, 15) is 14.4 Å². The third-order valence-electron chi connectivity index (χ3n) is 4.32. The maximum Gasteiger partial charge on any atom is 0.359 e. The molecule has 3 rings (SSSR count). The van der Waals surface area contributed by atoms with Crippen LogP contribution in [-0.2, 0) is 11.2 Å². The van der Waals surface area contributed by atoms with Crippen molar-refractivity contribution in [3.63, 3.8) is 0 Å². The normalized spacial score (nSPS) is 10.7. The van der Waals surface area contributed by atoms with E-state index in [0.717, 1.165) is 19.3 Å². The van der Waals surface area contributed by atoms with Gasteiger partial charge in [0.15, 0.2) is 18.1 Å². The maximum absolute atomic E-state index is 12.3. The number of hydrogen-bond acceptors (Lipinski definition) is 5. The van der Waals surface area contributed by atoms with Crippen LogP contribution in [0.5, 0.6) is 0 Å². The van der Waals surface area contributed by atoms with Crippen LogP contribution in [0.25, 0.3) is 10.8 Å². The van der Waals surface area contributed by atoms with Crippen molar-refractivity contribution in [2.45, 2.75) is 26.2 Å².